The van der Waals surface area contributed by atoms with Crippen molar-refractivity contribution in [1.82, 2.24) is 19.5 Å². The fourth-order valence-electron chi connectivity index (χ4n) is 1.69. The lowest BCUT2D eigenvalue weighted by molar-refractivity contribution is -0.00395. The van der Waals surface area contributed by atoms with Crippen LogP contribution in [0, 0.1) is 0 Å². The van der Waals surface area contributed by atoms with Crippen LogP contribution in [0.25, 0.3) is 11.2 Å². The fourth-order valence-corrected chi connectivity index (χ4v) is 1.69. The van der Waals surface area contributed by atoms with Crippen LogP contribution >= 0.6 is 0 Å². The molecule has 1 unspecified atom stereocenters. The van der Waals surface area contributed by atoms with Crippen molar-refractivity contribution in [2.45, 2.75) is 19.6 Å². The molecule has 92 valence electrons. The quantitative estimate of drug-likeness (QED) is 0.777. The summed E-state index contributed by atoms with van der Waals surface area (Å²) < 4.78 is 7.29. The number of aliphatic hydroxyl groups excluding tert-OH is 1. The van der Waals surface area contributed by atoms with Crippen LogP contribution in [0.5, 0.6) is 0 Å². The summed E-state index contributed by atoms with van der Waals surface area (Å²) in [5.74, 6) is 0.341. The number of hydrogen-bond acceptors (Lipinski definition) is 6. The van der Waals surface area contributed by atoms with Crippen molar-refractivity contribution in [3.05, 3.63) is 12.7 Å². The molecule has 0 fully saturated rings. The van der Waals surface area contributed by atoms with Gasteiger partial charge in [-0.15, -0.1) is 0 Å². The van der Waals surface area contributed by atoms with Gasteiger partial charge in [-0.25, -0.2) is 15.0 Å². The Hall–Kier alpha value is -1.73. The third-order valence-electron chi connectivity index (χ3n) is 2.43. The summed E-state index contributed by atoms with van der Waals surface area (Å²) in [6, 6.07) is 0. The number of aromatic nitrogens is 4. The van der Waals surface area contributed by atoms with Crippen molar-refractivity contribution in [2.24, 2.45) is 0 Å². The smallest absolute Gasteiger partial charge is 0.167 e. The fraction of sp³-hybridized carbons (Fsp3) is 0.500. The van der Waals surface area contributed by atoms with Crippen molar-refractivity contribution in [3.8, 4) is 0 Å². The maximum atomic E-state index is 9.02. The number of imidazole rings is 1. The largest absolute Gasteiger partial charge is 0.396 e. The lowest BCUT2D eigenvalue weighted by Crippen LogP contribution is -2.14. The third kappa shape index (κ3) is 2.20. The molecule has 2 aromatic heterocycles. The summed E-state index contributed by atoms with van der Waals surface area (Å²) in [6.07, 6.45) is 3.18. The first-order chi connectivity index (χ1) is 8.27. The number of nitrogens with zero attached hydrogens (tertiary/aromatic N) is 4. The standard InChI is InChI=1S/C10H15N5O2/c1-2-17-7(3-4-16)15-6-14-8-9(11)12-5-13-10(8)15/h5-7,16H,2-4H2,1H3,(H2,11,12,13). The van der Waals surface area contributed by atoms with Crippen molar-refractivity contribution in [1.29, 1.82) is 0 Å². The molecule has 0 radical (unpaired) electrons. The zero-order valence-corrected chi connectivity index (χ0v) is 9.58. The summed E-state index contributed by atoms with van der Waals surface area (Å²) in [4.78, 5) is 12.2. The Morgan fingerprint density at radius 1 is 1.47 bits per heavy atom. The Bertz CT molecular complexity index is 492. The maximum Gasteiger partial charge on any atom is 0.167 e. The predicted octanol–water partition coefficient (Wildman–Crippen LogP) is 0.326. The second kappa shape index (κ2) is 5.07. The van der Waals surface area contributed by atoms with Gasteiger partial charge in [0, 0.05) is 19.6 Å². The second-order valence-corrected chi connectivity index (χ2v) is 3.51. The van der Waals surface area contributed by atoms with Gasteiger partial charge in [-0.2, -0.15) is 0 Å². The molecule has 0 saturated heterocycles. The summed E-state index contributed by atoms with van der Waals surface area (Å²) >= 11 is 0. The van der Waals surface area contributed by atoms with Crippen LogP contribution in [0.15, 0.2) is 12.7 Å². The van der Waals surface area contributed by atoms with E-state index in [-0.39, 0.29) is 12.8 Å². The van der Waals surface area contributed by atoms with Gasteiger partial charge < -0.3 is 15.6 Å². The van der Waals surface area contributed by atoms with E-state index in [9.17, 15) is 0 Å². The first kappa shape index (κ1) is 11.7. The monoisotopic (exact) mass is 237 g/mol. The Morgan fingerprint density at radius 3 is 3.00 bits per heavy atom. The first-order valence-electron chi connectivity index (χ1n) is 5.43. The first-order valence-corrected chi connectivity index (χ1v) is 5.43. The minimum atomic E-state index is -0.288. The molecule has 7 heteroatoms. The topological polar surface area (TPSA) is 99.1 Å². The highest BCUT2D eigenvalue weighted by Crippen LogP contribution is 2.21. The van der Waals surface area contributed by atoms with Crippen molar-refractivity contribution < 1.29 is 9.84 Å². The summed E-state index contributed by atoms with van der Waals surface area (Å²) in [6.45, 7) is 2.47. The van der Waals surface area contributed by atoms with E-state index in [4.69, 9.17) is 15.6 Å². The Labute approximate surface area is 98.3 Å². The summed E-state index contributed by atoms with van der Waals surface area (Å²) in [5.41, 5.74) is 6.87. The molecule has 2 heterocycles. The molecule has 0 bridgehead atoms. The lowest BCUT2D eigenvalue weighted by Gasteiger charge is -2.17. The highest BCUT2D eigenvalue weighted by molar-refractivity contribution is 5.81. The van der Waals surface area contributed by atoms with Gasteiger partial charge in [0.2, 0.25) is 0 Å². The van der Waals surface area contributed by atoms with Gasteiger partial charge in [0.05, 0.1) is 6.33 Å². The minimum Gasteiger partial charge on any atom is -0.396 e. The number of ether oxygens (including phenoxy) is 1. The van der Waals surface area contributed by atoms with E-state index in [1.54, 1.807) is 10.9 Å². The Kier molecular flexibility index (Phi) is 3.50. The third-order valence-corrected chi connectivity index (χ3v) is 2.43. The van der Waals surface area contributed by atoms with Crippen molar-refractivity contribution >= 4 is 17.0 Å². The summed E-state index contributed by atoms with van der Waals surface area (Å²) in [5, 5.41) is 9.02. The Morgan fingerprint density at radius 2 is 2.29 bits per heavy atom. The maximum absolute atomic E-state index is 9.02. The number of rotatable bonds is 5. The van der Waals surface area contributed by atoms with E-state index in [1.807, 2.05) is 6.92 Å². The average Bonchev–Trinajstić information content (AvgIpc) is 2.74. The van der Waals surface area contributed by atoms with Crippen LogP contribution in [0.3, 0.4) is 0 Å². The molecular weight excluding hydrogens is 222 g/mol. The van der Waals surface area contributed by atoms with Crippen LogP contribution in [-0.4, -0.2) is 37.8 Å². The molecule has 0 aromatic carbocycles. The molecule has 3 N–H and O–H groups in total. The van der Waals surface area contributed by atoms with Gasteiger partial charge in [0.25, 0.3) is 0 Å². The van der Waals surface area contributed by atoms with Crippen molar-refractivity contribution in [3.63, 3.8) is 0 Å². The SMILES string of the molecule is CCOC(CCO)n1cnc2c(N)ncnc21. The van der Waals surface area contributed by atoms with Crippen LogP contribution in [0.4, 0.5) is 5.82 Å². The second-order valence-electron chi connectivity index (χ2n) is 3.51. The van der Waals surface area contributed by atoms with Crippen LogP contribution < -0.4 is 5.73 Å². The molecule has 0 aliphatic rings. The minimum absolute atomic E-state index is 0.0326. The molecule has 2 rings (SSSR count). The number of aliphatic hydroxyl groups is 1. The number of hydrogen-bond donors (Lipinski definition) is 2. The molecule has 1 atom stereocenters. The van der Waals surface area contributed by atoms with Gasteiger partial charge in [-0.1, -0.05) is 0 Å². The number of anilines is 1. The summed E-state index contributed by atoms with van der Waals surface area (Å²) in [7, 11) is 0. The zero-order chi connectivity index (χ0) is 12.3. The predicted molar refractivity (Wildman–Crippen MR) is 62.1 cm³/mol. The Balaban J connectivity index is 2.42. The van der Waals surface area contributed by atoms with E-state index in [0.717, 1.165) is 0 Å². The number of fused-ring (bicyclic) bond motifs is 1. The highest BCUT2D eigenvalue weighted by Gasteiger charge is 2.15. The van der Waals surface area contributed by atoms with Crippen LogP contribution in [-0.2, 0) is 4.74 Å². The molecule has 0 amide bonds. The van der Waals surface area contributed by atoms with Gasteiger partial charge in [-0.05, 0) is 6.92 Å². The lowest BCUT2D eigenvalue weighted by atomic mass is 10.4. The van der Waals surface area contributed by atoms with Gasteiger partial charge in [0.15, 0.2) is 11.5 Å². The van der Waals surface area contributed by atoms with Crippen molar-refractivity contribution in [2.75, 3.05) is 18.9 Å². The van der Waals surface area contributed by atoms with E-state index in [2.05, 4.69) is 15.0 Å². The number of nitrogen functional groups attached to an aromatic ring is 1. The molecule has 7 nitrogen and oxygen atoms in total. The molecule has 0 saturated carbocycles. The van der Waals surface area contributed by atoms with E-state index in [0.29, 0.717) is 30.0 Å². The molecule has 0 aliphatic heterocycles. The van der Waals surface area contributed by atoms with E-state index in [1.165, 1.54) is 6.33 Å². The van der Waals surface area contributed by atoms with Crippen LogP contribution in [0.2, 0.25) is 0 Å². The average molecular weight is 237 g/mol. The van der Waals surface area contributed by atoms with E-state index < -0.39 is 0 Å². The zero-order valence-electron chi connectivity index (χ0n) is 9.58. The molecule has 0 aliphatic carbocycles. The van der Waals surface area contributed by atoms with E-state index >= 15 is 0 Å². The molecule has 0 spiro atoms. The number of nitrogens with two attached hydrogens (primary N) is 1. The normalized spacial score (nSPS) is 13.1. The molecular formula is C10H15N5O2. The van der Waals surface area contributed by atoms with Crippen LogP contribution in [0.1, 0.15) is 19.6 Å². The van der Waals surface area contributed by atoms with Gasteiger partial charge in [0.1, 0.15) is 18.1 Å². The molecule has 17 heavy (non-hydrogen) atoms. The highest BCUT2D eigenvalue weighted by atomic mass is 16.5. The van der Waals surface area contributed by atoms with Gasteiger partial charge in [-0.3, -0.25) is 4.57 Å². The van der Waals surface area contributed by atoms with Gasteiger partial charge >= 0.3 is 0 Å². The molecule has 2 aromatic rings.